The zero-order valence-electron chi connectivity index (χ0n) is 9.38. The van der Waals surface area contributed by atoms with Gasteiger partial charge in [0.15, 0.2) is 20.8 Å². The number of sulfone groups is 1. The van der Waals surface area contributed by atoms with Gasteiger partial charge in [-0.15, -0.1) is 0 Å². The lowest BCUT2D eigenvalue weighted by molar-refractivity contribution is 0.587. The zero-order valence-corrected chi connectivity index (χ0v) is 12.5. The summed E-state index contributed by atoms with van der Waals surface area (Å²) in [5.74, 6) is -0.707. The van der Waals surface area contributed by atoms with Gasteiger partial charge in [-0.25, -0.2) is 26.8 Å². The molecule has 1 atom stereocenters. The number of nitrogens with zero attached hydrogens (tertiary/aromatic N) is 2. The molecule has 106 valence electrons. The second-order valence-electron chi connectivity index (χ2n) is 4.00. The van der Waals surface area contributed by atoms with Crippen LogP contribution >= 0.6 is 23.2 Å². The topological polar surface area (TPSA) is 106 Å². The lowest BCUT2D eigenvalue weighted by Gasteiger charge is -2.12. The summed E-state index contributed by atoms with van der Waals surface area (Å²) in [6.07, 6.45) is 1.10. The molecule has 0 spiro atoms. The first-order valence-electron chi connectivity index (χ1n) is 5.09. The van der Waals surface area contributed by atoms with E-state index in [1.807, 2.05) is 0 Å². The first-order valence-corrected chi connectivity index (χ1v) is 9.22. The van der Waals surface area contributed by atoms with Crippen molar-refractivity contribution in [2.75, 3.05) is 16.2 Å². The van der Waals surface area contributed by atoms with Crippen LogP contribution in [-0.2, 0) is 19.9 Å². The van der Waals surface area contributed by atoms with E-state index in [9.17, 15) is 16.8 Å². The molecule has 0 bridgehead atoms. The Morgan fingerprint density at radius 3 is 2.58 bits per heavy atom. The Labute approximate surface area is 120 Å². The summed E-state index contributed by atoms with van der Waals surface area (Å²) < 4.78 is 48.8. The lowest BCUT2D eigenvalue weighted by atomic mass is 10.4. The van der Waals surface area contributed by atoms with Gasteiger partial charge in [-0.2, -0.15) is 0 Å². The largest absolute Gasteiger partial charge is 0.266 e. The van der Waals surface area contributed by atoms with Gasteiger partial charge in [0, 0.05) is 0 Å². The van der Waals surface area contributed by atoms with Gasteiger partial charge in [-0.1, -0.05) is 23.2 Å². The Bertz CT molecular complexity index is 705. The quantitative estimate of drug-likeness (QED) is 0.808. The Kier molecular flexibility index (Phi) is 3.92. The van der Waals surface area contributed by atoms with Crippen molar-refractivity contribution in [1.82, 2.24) is 9.97 Å². The van der Waals surface area contributed by atoms with Crippen molar-refractivity contribution in [3.63, 3.8) is 0 Å². The predicted molar refractivity (Wildman–Crippen MR) is 71.7 cm³/mol. The van der Waals surface area contributed by atoms with Crippen molar-refractivity contribution >= 4 is 48.9 Å². The average Bonchev–Trinajstić information content (AvgIpc) is 2.66. The molecule has 1 fully saturated rings. The van der Waals surface area contributed by atoms with E-state index in [0.717, 1.165) is 6.33 Å². The highest BCUT2D eigenvalue weighted by Gasteiger charge is 2.37. The molecule has 0 aromatic carbocycles. The van der Waals surface area contributed by atoms with Gasteiger partial charge in [0.05, 0.1) is 16.8 Å². The van der Waals surface area contributed by atoms with Crippen LogP contribution in [0.4, 0.5) is 5.82 Å². The molecule has 0 amide bonds. The van der Waals surface area contributed by atoms with E-state index in [-0.39, 0.29) is 28.2 Å². The summed E-state index contributed by atoms with van der Waals surface area (Å²) >= 11 is 11.4. The zero-order chi connectivity index (χ0) is 14.3. The number of hydrogen-bond acceptors (Lipinski definition) is 6. The minimum atomic E-state index is -3.89. The molecule has 0 saturated carbocycles. The average molecular weight is 346 g/mol. The molecule has 1 unspecified atom stereocenters. The maximum Gasteiger partial charge on any atom is 0.237 e. The highest BCUT2D eigenvalue weighted by Crippen LogP contribution is 2.28. The van der Waals surface area contributed by atoms with Gasteiger partial charge in [0.1, 0.15) is 11.3 Å². The fraction of sp³-hybridized carbons (Fsp3) is 0.500. The van der Waals surface area contributed by atoms with Gasteiger partial charge in [0.2, 0.25) is 10.0 Å². The van der Waals surface area contributed by atoms with Crippen molar-refractivity contribution in [1.29, 1.82) is 0 Å². The highest BCUT2D eigenvalue weighted by atomic mass is 35.5. The Balaban J connectivity index is 2.25. The fourth-order valence-electron chi connectivity index (χ4n) is 1.64. The molecular weight excluding hydrogens is 337 g/mol. The van der Waals surface area contributed by atoms with Crippen LogP contribution in [0.3, 0.4) is 0 Å². The minimum Gasteiger partial charge on any atom is -0.266 e. The smallest absolute Gasteiger partial charge is 0.237 e. The van der Waals surface area contributed by atoms with Crippen LogP contribution in [0.2, 0.25) is 10.2 Å². The molecule has 1 aromatic rings. The summed E-state index contributed by atoms with van der Waals surface area (Å²) in [6.45, 7) is 0. The Morgan fingerprint density at radius 2 is 2.00 bits per heavy atom. The first kappa shape index (κ1) is 14.8. The number of halogens is 2. The molecule has 0 radical (unpaired) electrons. The third-order valence-corrected chi connectivity index (χ3v) is 7.09. The van der Waals surface area contributed by atoms with Crippen LogP contribution in [0, 0.1) is 0 Å². The second-order valence-corrected chi connectivity index (χ2v) is 8.92. The van der Waals surface area contributed by atoms with E-state index in [1.54, 1.807) is 0 Å². The van der Waals surface area contributed by atoms with E-state index < -0.39 is 30.9 Å². The van der Waals surface area contributed by atoms with Crippen molar-refractivity contribution in [3.8, 4) is 0 Å². The molecule has 1 aromatic heterocycles. The number of nitrogens with one attached hydrogen (secondary N) is 1. The molecule has 1 N–H and O–H groups in total. The molecule has 7 nitrogen and oxygen atoms in total. The van der Waals surface area contributed by atoms with E-state index in [2.05, 4.69) is 14.7 Å². The molecule has 0 aliphatic carbocycles. The van der Waals surface area contributed by atoms with E-state index >= 15 is 0 Å². The Hall–Kier alpha value is -0.640. The van der Waals surface area contributed by atoms with Gasteiger partial charge in [-0.05, 0) is 6.42 Å². The number of sulfonamides is 1. The maximum atomic E-state index is 12.0. The first-order chi connectivity index (χ1) is 8.71. The SMILES string of the molecule is O=S1(=O)CCC(S(=O)(=O)Nc2ncnc(Cl)c2Cl)C1. The van der Waals surface area contributed by atoms with Crippen LogP contribution in [0.15, 0.2) is 6.33 Å². The van der Waals surface area contributed by atoms with E-state index in [4.69, 9.17) is 23.2 Å². The highest BCUT2D eigenvalue weighted by molar-refractivity contribution is 7.97. The van der Waals surface area contributed by atoms with Crippen molar-refractivity contribution in [2.45, 2.75) is 11.7 Å². The number of hydrogen-bond donors (Lipinski definition) is 1. The minimum absolute atomic E-state index is 0.0497. The molecule has 2 heterocycles. The molecule has 2 rings (SSSR count). The van der Waals surface area contributed by atoms with Crippen LogP contribution in [0.5, 0.6) is 0 Å². The fourth-order valence-corrected chi connectivity index (χ4v) is 6.03. The monoisotopic (exact) mass is 345 g/mol. The summed E-state index contributed by atoms with van der Waals surface area (Å²) in [7, 11) is -7.19. The third-order valence-electron chi connectivity index (χ3n) is 2.62. The van der Waals surface area contributed by atoms with E-state index in [0.29, 0.717) is 0 Å². The summed E-state index contributed by atoms with van der Waals surface area (Å²) in [5, 5.41) is -1.23. The van der Waals surface area contributed by atoms with E-state index in [1.165, 1.54) is 0 Å². The van der Waals surface area contributed by atoms with Gasteiger partial charge >= 0.3 is 0 Å². The van der Waals surface area contributed by atoms with Gasteiger partial charge in [0.25, 0.3) is 0 Å². The lowest BCUT2D eigenvalue weighted by Crippen LogP contribution is -2.29. The maximum absolute atomic E-state index is 12.0. The van der Waals surface area contributed by atoms with Gasteiger partial charge < -0.3 is 0 Å². The normalized spacial score (nSPS) is 22.3. The Morgan fingerprint density at radius 1 is 1.32 bits per heavy atom. The van der Waals surface area contributed by atoms with Crippen molar-refractivity contribution < 1.29 is 16.8 Å². The molecule has 1 saturated heterocycles. The van der Waals surface area contributed by atoms with Crippen LogP contribution in [-0.4, -0.2) is 43.6 Å². The molecule has 19 heavy (non-hydrogen) atoms. The number of rotatable bonds is 3. The standard InChI is InChI=1S/C8H9Cl2N3O4S2/c9-6-7(10)11-4-12-8(6)13-19(16,17)5-1-2-18(14,15)3-5/h4-5H,1-3H2,(H,11,12,13). The summed E-state index contributed by atoms with van der Waals surface area (Å²) in [4.78, 5) is 7.25. The van der Waals surface area contributed by atoms with Gasteiger partial charge in [-0.3, -0.25) is 4.72 Å². The predicted octanol–water partition coefficient (Wildman–Crippen LogP) is 0.712. The molecule has 1 aliphatic rings. The third kappa shape index (κ3) is 3.28. The number of aromatic nitrogens is 2. The summed E-state index contributed by atoms with van der Waals surface area (Å²) in [6, 6.07) is 0. The molecular formula is C8H9Cl2N3O4S2. The van der Waals surface area contributed by atoms with Crippen molar-refractivity contribution in [2.24, 2.45) is 0 Å². The van der Waals surface area contributed by atoms with Crippen LogP contribution < -0.4 is 4.72 Å². The number of anilines is 1. The van der Waals surface area contributed by atoms with Crippen LogP contribution in [0.25, 0.3) is 0 Å². The summed E-state index contributed by atoms with van der Waals surface area (Å²) in [5.41, 5.74) is 0. The second kappa shape index (κ2) is 5.04. The van der Waals surface area contributed by atoms with Crippen molar-refractivity contribution in [3.05, 3.63) is 16.5 Å². The molecule has 11 heteroatoms. The molecule has 1 aliphatic heterocycles. The van der Waals surface area contributed by atoms with Crippen LogP contribution in [0.1, 0.15) is 6.42 Å².